The number of alkyl halides is 6. The van der Waals surface area contributed by atoms with E-state index in [1.165, 1.54) is 0 Å². The minimum absolute atomic E-state index is 0. The van der Waals surface area contributed by atoms with E-state index in [0.717, 1.165) is 24.1 Å². The molecule has 2 aromatic carbocycles. The first-order chi connectivity index (χ1) is 12.6. The van der Waals surface area contributed by atoms with Crippen LogP contribution >= 0.6 is 24.8 Å². The summed E-state index contributed by atoms with van der Waals surface area (Å²) in [5.74, 6) is 0. The molecule has 2 aromatic rings. The van der Waals surface area contributed by atoms with Gasteiger partial charge in [0.2, 0.25) is 0 Å². The van der Waals surface area contributed by atoms with Crippen molar-refractivity contribution in [1.82, 2.24) is 10.6 Å². The van der Waals surface area contributed by atoms with Crippen LogP contribution in [-0.4, -0.2) is 12.6 Å². The van der Waals surface area contributed by atoms with Crippen molar-refractivity contribution in [3.63, 3.8) is 0 Å². The first-order valence-corrected chi connectivity index (χ1v) is 8.44. The molecule has 1 fully saturated rings. The number of hydrogen-bond donors (Lipinski definition) is 2. The summed E-state index contributed by atoms with van der Waals surface area (Å²) in [4.78, 5) is 0. The van der Waals surface area contributed by atoms with Crippen LogP contribution in [0.15, 0.2) is 48.5 Å². The van der Waals surface area contributed by atoms with Crippen LogP contribution in [0.5, 0.6) is 0 Å². The van der Waals surface area contributed by atoms with Crippen LogP contribution in [0.4, 0.5) is 26.3 Å². The molecule has 0 saturated carbocycles. The second kappa shape index (κ2) is 10.0. The average molecular weight is 461 g/mol. The molecule has 0 radical (unpaired) electrons. The fraction of sp³-hybridized carbons (Fsp3) is 0.368. The van der Waals surface area contributed by atoms with Gasteiger partial charge in [-0.3, -0.25) is 0 Å². The van der Waals surface area contributed by atoms with Gasteiger partial charge in [-0.1, -0.05) is 30.3 Å². The Bertz CT molecular complexity index is 748. The van der Waals surface area contributed by atoms with Gasteiger partial charge in [-0.05, 0) is 42.3 Å². The van der Waals surface area contributed by atoms with E-state index in [-0.39, 0.29) is 55.1 Å². The van der Waals surface area contributed by atoms with E-state index >= 15 is 0 Å². The minimum atomic E-state index is -4.84. The van der Waals surface area contributed by atoms with Crippen molar-refractivity contribution in [1.29, 1.82) is 0 Å². The van der Waals surface area contributed by atoms with Crippen molar-refractivity contribution in [3.8, 4) is 0 Å². The van der Waals surface area contributed by atoms with Gasteiger partial charge in [0.1, 0.15) is 0 Å². The first kappa shape index (κ1) is 25.6. The summed E-state index contributed by atoms with van der Waals surface area (Å²) in [5.41, 5.74) is -1.61. The highest BCUT2D eigenvalue weighted by Gasteiger charge is 2.37. The number of nitrogens with one attached hydrogen (secondary N) is 2. The smallest absolute Gasteiger partial charge is 0.309 e. The number of hydrogen-bond acceptors (Lipinski definition) is 2. The summed E-state index contributed by atoms with van der Waals surface area (Å²) in [6, 6.07) is 11.1. The summed E-state index contributed by atoms with van der Waals surface area (Å²) in [6.07, 6.45) is -8.94. The van der Waals surface area contributed by atoms with E-state index in [1.54, 1.807) is 0 Å². The normalized spacial score (nSPS) is 19.4. The zero-order valence-electron chi connectivity index (χ0n) is 15.0. The van der Waals surface area contributed by atoms with Gasteiger partial charge in [0.25, 0.3) is 0 Å². The maximum Gasteiger partial charge on any atom is 0.416 e. The van der Waals surface area contributed by atoms with Gasteiger partial charge in [-0.2, -0.15) is 26.3 Å². The van der Waals surface area contributed by atoms with Crippen molar-refractivity contribution in [2.24, 2.45) is 0 Å². The van der Waals surface area contributed by atoms with Crippen LogP contribution in [0.25, 0.3) is 0 Å². The van der Waals surface area contributed by atoms with E-state index < -0.39 is 23.5 Å². The van der Waals surface area contributed by atoms with Gasteiger partial charge in [-0.15, -0.1) is 24.8 Å². The minimum Gasteiger partial charge on any atom is -0.309 e. The van der Waals surface area contributed by atoms with Crippen molar-refractivity contribution < 1.29 is 26.3 Å². The number of benzene rings is 2. The Morgan fingerprint density at radius 2 is 1.41 bits per heavy atom. The Labute approximate surface area is 176 Å². The van der Waals surface area contributed by atoms with Crippen LogP contribution in [0.2, 0.25) is 0 Å². The molecule has 1 aliphatic rings. The summed E-state index contributed by atoms with van der Waals surface area (Å²) < 4.78 is 77.8. The van der Waals surface area contributed by atoms with Crippen LogP contribution in [0.1, 0.15) is 34.7 Å². The first-order valence-electron chi connectivity index (χ1n) is 8.44. The van der Waals surface area contributed by atoms with Gasteiger partial charge in [0.15, 0.2) is 0 Å². The molecule has 2 nitrogen and oxygen atoms in total. The lowest BCUT2D eigenvalue weighted by Crippen LogP contribution is -2.34. The lowest BCUT2D eigenvalue weighted by Gasteiger charge is -2.22. The molecule has 2 atom stereocenters. The fourth-order valence-corrected chi connectivity index (χ4v) is 3.30. The highest BCUT2D eigenvalue weighted by atomic mass is 35.5. The van der Waals surface area contributed by atoms with Crippen LogP contribution in [0, 0.1) is 0 Å². The summed E-state index contributed by atoms with van der Waals surface area (Å²) in [6.45, 7) is 0.635. The molecule has 0 bridgehead atoms. The molecule has 10 heteroatoms. The van der Waals surface area contributed by atoms with Crippen molar-refractivity contribution in [2.75, 3.05) is 6.54 Å². The maximum atomic E-state index is 13.0. The lowest BCUT2D eigenvalue weighted by atomic mass is 10.00. The Morgan fingerprint density at radius 1 is 0.862 bits per heavy atom. The Balaban J connectivity index is 0.00000210. The van der Waals surface area contributed by atoms with Gasteiger partial charge >= 0.3 is 12.4 Å². The molecular formula is C19H20Cl2F6N2. The molecule has 1 heterocycles. The van der Waals surface area contributed by atoms with Gasteiger partial charge in [-0.25, -0.2) is 0 Å². The van der Waals surface area contributed by atoms with Gasteiger partial charge in [0.05, 0.1) is 11.1 Å². The largest absolute Gasteiger partial charge is 0.416 e. The summed E-state index contributed by atoms with van der Waals surface area (Å²) in [7, 11) is 0. The van der Waals surface area contributed by atoms with Crippen LogP contribution < -0.4 is 10.6 Å². The topological polar surface area (TPSA) is 24.1 Å². The summed E-state index contributed by atoms with van der Waals surface area (Å²) >= 11 is 0. The fourth-order valence-electron chi connectivity index (χ4n) is 3.30. The zero-order chi connectivity index (χ0) is 19.7. The lowest BCUT2D eigenvalue weighted by molar-refractivity contribution is -0.143. The molecular weight excluding hydrogens is 441 g/mol. The van der Waals surface area contributed by atoms with E-state index in [2.05, 4.69) is 10.6 Å². The highest BCUT2D eigenvalue weighted by molar-refractivity contribution is 5.85. The Morgan fingerprint density at radius 3 is 1.93 bits per heavy atom. The van der Waals surface area contributed by atoms with Crippen molar-refractivity contribution in [3.05, 3.63) is 70.8 Å². The molecule has 1 aliphatic heterocycles. The Hall–Kier alpha value is -1.48. The monoisotopic (exact) mass is 460 g/mol. The second-order valence-electron chi connectivity index (χ2n) is 6.53. The molecule has 29 heavy (non-hydrogen) atoms. The highest BCUT2D eigenvalue weighted by Crippen LogP contribution is 2.36. The standard InChI is InChI=1S/C19H18F6N2.2ClH/c20-18(21,22)14-8-12(9-15(10-14)19(23,24)25)11-27-16-6-7-26-17(16)13-4-2-1-3-5-13;;/h1-5,8-10,16-17,26-27H,6-7,11H2;2*1H/t16-,17-;;/m1../s1. The molecule has 1 saturated heterocycles. The molecule has 0 spiro atoms. The third-order valence-corrected chi connectivity index (χ3v) is 4.60. The van der Waals surface area contributed by atoms with Crippen molar-refractivity contribution in [2.45, 2.75) is 37.4 Å². The van der Waals surface area contributed by atoms with Crippen LogP contribution in [-0.2, 0) is 18.9 Å². The van der Waals surface area contributed by atoms with Gasteiger partial charge < -0.3 is 10.6 Å². The number of rotatable bonds is 4. The predicted octanol–water partition coefficient (Wildman–Crippen LogP) is 5.76. The molecule has 162 valence electrons. The van der Waals surface area contributed by atoms with E-state index in [9.17, 15) is 26.3 Å². The predicted molar refractivity (Wildman–Crippen MR) is 103 cm³/mol. The molecule has 0 aliphatic carbocycles. The zero-order valence-corrected chi connectivity index (χ0v) is 16.6. The van der Waals surface area contributed by atoms with Gasteiger partial charge in [0, 0.05) is 18.6 Å². The number of halogens is 8. The van der Waals surface area contributed by atoms with E-state index in [0.29, 0.717) is 6.54 Å². The van der Waals surface area contributed by atoms with Crippen LogP contribution in [0.3, 0.4) is 0 Å². The van der Waals surface area contributed by atoms with E-state index in [4.69, 9.17) is 0 Å². The molecule has 0 unspecified atom stereocenters. The quantitative estimate of drug-likeness (QED) is 0.566. The maximum absolute atomic E-state index is 13.0. The molecule has 3 rings (SSSR count). The SMILES string of the molecule is Cl.Cl.FC(F)(F)c1cc(CN[C@@H]2CCN[C@@H]2c2ccccc2)cc(C(F)(F)F)c1. The van der Waals surface area contributed by atoms with E-state index in [1.807, 2.05) is 30.3 Å². The second-order valence-corrected chi connectivity index (χ2v) is 6.53. The molecule has 0 aromatic heterocycles. The third kappa shape index (κ3) is 6.50. The third-order valence-electron chi connectivity index (χ3n) is 4.60. The molecule has 0 amide bonds. The average Bonchev–Trinajstić information content (AvgIpc) is 3.07. The molecule has 2 N–H and O–H groups in total. The Kier molecular flexibility index (Phi) is 8.83. The van der Waals surface area contributed by atoms with Crippen molar-refractivity contribution >= 4 is 24.8 Å². The summed E-state index contributed by atoms with van der Waals surface area (Å²) in [5, 5.41) is 6.41.